The predicted molar refractivity (Wildman–Crippen MR) is 79.2 cm³/mol. The zero-order valence-corrected chi connectivity index (χ0v) is 12.6. The number of ether oxygens (including phenoxy) is 2. The molecule has 1 aliphatic carbocycles. The third-order valence-electron chi connectivity index (χ3n) is 3.66. The molecule has 116 valence electrons. The minimum absolute atomic E-state index is 0.263. The van der Waals surface area contributed by atoms with Crippen molar-refractivity contribution >= 4 is 5.91 Å². The van der Waals surface area contributed by atoms with Gasteiger partial charge < -0.3 is 19.3 Å². The van der Waals surface area contributed by atoms with E-state index in [0.29, 0.717) is 29.7 Å². The van der Waals surface area contributed by atoms with Gasteiger partial charge in [-0.25, -0.2) is 0 Å². The van der Waals surface area contributed by atoms with Gasteiger partial charge in [-0.15, -0.1) is 0 Å². The van der Waals surface area contributed by atoms with Crippen molar-refractivity contribution in [3.05, 3.63) is 41.3 Å². The van der Waals surface area contributed by atoms with Crippen molar-refractivity contribution in [2.24, 2.45) is 0 Å². The van der Waals surface area contributed by atoms with Gasteiger partial charge in [0, 0.05) is 24.1 Å². The van der Waals surface area contributed by atoms with E-state index in [9.17, 15) is 4.79 Å². The third-order valence-corrected chi connectivity index (χ3v) is 3.66. The number of aromatic nitrogens is 1. The molecule has 1 fully saturated rings. The standard InChI is InChI=1S/C16H18N2O4/c1-20-13-5-3-4-11(15(13)21-2)9-17-16(19)12-8-14(22-18-12)10-6-7-10/h3-5,8,10H,6-7,9H2,1-2H3,(H,17,19). The number of carbonyl (C=O) groups excluding carboxylic acids is 1. The highest BCUT2D eigenvalue weighted by Gasteiger charge is 2.28. The molecule has 0 saturated heterocycles. The Morgan fingerprint density at radius 3 is 2.86 bits per heavy atom. The maximum atomic E-state index is 12.1. The summed E-state index contributed by atoms with van der Waals surface area (Å²) in [5.41, 5.74) is 1.14. The normalized spacial score (nSPS) is 13.7. The number of hydrogen-bond acceptors (Lipinski definition) is 5. The molecule has 0 unspecified atom stereocenters. The Morgan fingerprint density at radius 1 is 1.36 bits per heavy atom. The van der Waals surface area contributed by atoms with Crippen LogP contribution >= 0.6 is 0 Å². The van der Waals surface area contributed by atoms with Crippen LogP contribution in [0.5, 0.6) is 11.5 Å². The highest BCUT2D eigenvalue weighted by molar-refractivity contribution is 5.92. The van der Waals surface area contributed by atoms with Gasteiger partial charge >= 0.3 is 0 Å². The fraction of sp³-hybridized carbons (Fsp3) is 0.375. The van der Waals surface area contributed by atoms with Crippen molar-refractivity contribution in [2.75, 3.05) is 14.2 Å². The summed E-state index contributed by atoms with van der Waals surface area (Å²) in [7, 11) is 3.15. The second-order valence-corrected chi connectivity index (χ2v) is 5.22. The minimum Gasteiger partial charge on any atom is -0.493 e. The molecule has 1 aromatic heterocycles. The molecule has 1 saturated carbocycles. The highest BCUT2D eigenvalue weighted by Crippen LogP contribution is 2.40. The molecule has 1 aliphatic rings. The Bertz CT molecular complexity index is 677. The van der Waals surface area contributed by atoms with E-state index in [1.54, 1.807) is 20.3 Å². The number of para-hydroxylation sites is 1. The lowest BCUT2D eigenvalue weighted by atomic mass is 10.2. The molecule has 6 nitrogen and oxygen atoms in total. The molecule has 1 heterocycles. The van der Waals surface area contributed by atoms with Gasteiger partial charge in [0.25, 0.3) is 5.91 Å². The number of nitrogens with one attached hydrogen (secondary N) is 1. The number of benzene rings is 1. The monoisotopic (exact) mass is 302 g/mol. The molecule has 22 heavy (non-hydrogen) atoms. The van der Waals surface area contributed by atoms with Crippen LogP contribution in [-0.4, -0.2) is 25.3 Å². The lowest BCUT2D eigenvalue weighted by molar-refractivity contribution is 0.0941. The SMILES string of the molecule is COc1cccc(CNC(=O)c2cc(C3CC3)on2)c1OC. The van der Waals surface area contributed by atoms with Crippen LogP contribution < -0.4 is 14.8 Å². The Hall–Kier alpha value is -2.50. The van der Waals surface area contributed by atoms with Crippen LogP contribution in [-0.2, 0) is 6.54 Å². The van der Waals surface area contributed by atoms with Crippen LogP contribution in [0.15, 0.2) is 28.8 Å². The van der Waals surface area contributed by atoms with Crippen molar-refractivity contribution in [3.63, 3.8) is 0 Å². The Balaban J connectivity index is 1.67. The fourth-order valence-electron chi connectivity index (χ4n) is 2.32. The van der Waals surface area contributed by atoms with E-state index in [1.165, 1.54) is 0 Å². The number of amides is 1. The largest absolute Gasteiger partial charge is 0.493 e. The molecule has 1 aromatic carbocycles. The van der Waals surface area contributed by atoms with E-state index in [1.807, 2.05) is 18.2 Å². The smallest absolute Gasteiger partial charge is 0.273 e. The zero-order chi connectivity index (χ0) is 15.5. The molecule has 0 aliphatic heterocycles. The second-order valence-electron chi connectivity index (χ2n) is 5.22. The molecular formula is C16H18N2O4. The molecule has 2 aromatic rings. The van der Waals surface area contributed by atoms with Gasteiger partial charge in [0.05, 0.1) is 14.2 Å². The average molecular weight is 302 g/mol. The third kappa shape index (κ3) is 2.90. The molecule has 0 radical (unpaired) electrons. The first-order valence-corrected chi connectivity index (χ1v) is 7.17. The van der Waals surface area contributed by atoms with Gasteiger partial charge in [0.1, 0.15) is 5.76 Å². The van der Waals surface area contributed by atoms with E-state index in [2.05, 4.69) is 10.5 Å². The van der Waals surface area contributed by atoms with Gasteiger partial charge in [0.15, 0.2) is 17.2 Å². The maximum Gasteiger partial charge on any atom is 0.273 e. The lowest BCUT2D eigenvalue weighted by Crippen LogP contribution is -2.23. The van der Waals surface area contributed by atoms with Gasteiger partial charge in [0.2, 0.25) is 0 Å². The molecule has 0 spiro atoms. The molecule has 6 heteroatoms. The van der Waals surface area contributed by atoms with Gasteiger partial charge in [-0.3, -0.25) is 4.79 Å². The second kappa shape index (κ2) is 6.09. The maximum absolute atomic E-state index is 12.1. The number of nitrogens with zero attached hydrogens (tertiary/aromatic N) is 1. The number of methoxy groups -OCH3 is 2. The molecule has 0 bridgehead atoms. The van der Waals surface area contributed by atoms with Crippen LogP contribution in [0.3, 0.4) is 0 Å². The topological polar surface area (TPSA) is 73.6 Å². The van der Waals surface area contributed by atoms with Crippen molar-refractivity contribution < 1.29 is 18.8 Å². The summed E-state index contributed by atoms with van der Waals surface area (Å²) < 4.78 is 15.8. The number of hydrogen-bond donors (Lipinski definition) is 1. The first-order chi connectivity index (χ1) is 10.7. The lowest BCUT2D eigenvalue weighted by Gasteiger charge is -2.12. The first kappa shape index (κ1) is 14.4. The summed E-state index contributed by atoms with van der Waals surface area (Å²) in [5.74, 6) is 2.22. The summed E-state index contributed by atoms with van der Waals surface area (Å²) in [5, 5.41) is 6.64. The summed E-state index contributed by atoms with van der Waals surface area (Å²) in [4.78, 5) is 12.1. The molecule has 0 atom stereocenters. The van der Waals surface area contributed by atoms with Crippen LogP contribution in [0.1, 0.15) is 40.6 Å². The van der Waals surface area contributed by atoms with E-state index < -0.39 is 0 Å². The Labute approximate surface area is 128 Å². The summed E-state index contributed by atoms with van der Waals surface area (Å²) >= 11 is 0. The van der Waals surface area contributed by atoms with E-state index >= 15 is 0 Å². The predicted octanol–water partition coefficient (Wildman–Crippen LogP) is 2.50. The number of rotatable bonds is 6. The average Bonchev–Trinajstić information content (AvgIpc) is 3.29. The molecule has 1 amide bonds. The number of carbonyl (C=O) groups is 1. The van der Waals surface area contributed by atoms with Gasteiger partial charge in [-0.2, -0.15) is 0 Å². The van der Waals surface area contributed by atoms with E-state index in [-0.39, 0.29) is 5.91 Å². The fourth-order valence-corrected chi connectivity index (χ4v) is 2.32. The molecular weight excluding hydrogens is 284 g/mol. The first-order valence-electron chi connectivity index (χ1n) is 7.17. The molecule has 3 rings (SSSR count). The van der Waals surface area contributed by atoms with Gasteiger partial charge in [-0.1, -0.05) is 17.3 Å². The van der Waals surface area contributed by atoms with Crippen LogP contribution in [0.25, 0.3) is 0 Å². The Morgan fingerprint density at radius 2 is 2.18 bits per heavy atom. The highest BCUT2D eigenvalue weighted by atomic mass is 16.5. The quantitative estimate of drug-likeness (QED) is 0.887. The minimum atomic E-state index is -0.263. The van der Waals surface area contributed by atoms with Crippen LogP contribution in [0.4, 0.5) is 0 Å². The summed E-state index contributed by atoms with van der Waals surface area (Å²) in [6.07, 6.45) is 2.22. The van der Waals surface area contributed by atoms with Gasteiger partial charge in [-0.05, 0) is 18.9 Å². The van der Waals surface area contributed by atoms with E-state index in [4.69, 9.17) is 14.0 Å². The van der Waals surface area contributed by atoms with Crippen LogP contribution in [0, 0.1) is 0 Å². The Kier molecular flexibility index (Phi) is 4.00. The van der Waals surface area contributed by atoms with Crippen LogP contribution in [0.2, 0.25) is 0 Å². The van der Waals surface area contributed by atoms with E-state index in [0.717, 1.165) is 24.2 Å². The zero-order valence-electron chi connectivity index (χ0n) is 12.6. The summed E-state index contributed by atoms with van der Waals surface area (Å²) in [6.45, 7) is 0.324. The van der Waals surface area contributed by atoms with Crippen molar-refractivity contribution in [1.29, 1.82) is 0 Å². The van der Waals surface area contributed by atoms with Crippen molar-refractivity contribution in [2.45, 2.75) is 25.3 Å². The molecule has 1 N–H and O–H groups in total. The van der Waals surface area contributed by atoms with Crippen molar-refractivity contribution in [1.82, 2.24) is 10.5 Å². The summed E-state index contributed by atoms with van der Waals surface area (Å²) in [6, 6.07) is 7.25. The van der Waals surface area contributed by atoms with Crippen molar-refractivity contribution in [3.8, 4) is 11.5 Å².